The Morgan fingerprint density at radius 1 is 1.33 bits per heavy atom. The van der Waals surface area contributed by atoms with E-state index in [2.05, 4.69) is 19.1 Å². The van der Waals surface area contributed by atoms with Crippen LogP contribution in [0.4, 0.5) is 0 Å². The lowest BCUT2D eigenvalue weighted by Gasteiger charge is -2.10. The van der Waals surface area contributed by atoms with E-state index in [1.807, 2.05) is 12.1 Å². The molecule has 1 atom stereocenters. The van der Waals surface area contributed by atoms with Crippen molar-refractivity contribution >= 4 is 5.91 Å². The van der Waals surface area contributed by atoms with Crippen molar-refractivity contribution < 1.29 is 4.79 Å². The fraction of sp³-hybridized carbons (Fsp3) is 0.417. The van der Waals surface area contributed by atoms with Crippen molar-refractivity contribution in [2.24, 2.45) is 11.5 Å². The van der Waals surface area contributed by atoms with Gasteiger partial charge in [0.1, 0.15) is 0 Å². The molecule has 1 unspecified atom stereocenters. The molecule has 4 N–H and O–H groups in total. The number of nitrogens with two attached hydrogens (primary N) is 2. The number of hydrogen-bond acceptors (Lipinski definition) is 2. The Hall–Kier alpha value is -1.35. The highest BCUT2D eigenvalue weighted by Crippen LogP contribution is 2.15. The fourth-order valence-electron chi connectivity index (χ4n) is 1.55. The van der Waals surface area contributed by atoms with E-state index in [1.54, 1.807) is 0 Å². The van der Waals surface area contributed by atoms with Crippen molar-refractivity contribution in [2.45, 2.75) is 32.2 Å². The van der Waals surface area contributed by atoms with Gasteiger partial charge in [-0.25, -0.2) is 0 Å². The summed E-state index contributed by atoms with van der Waals surface area (Å²) in [5, 5.41) is 0. The minimum Gasteiger partial charge on any atom is -0.370 e. The molecular formula is C12H18N2O. The van der Waals surface area contributed by atoms with Crippen LogP contribution in [0.25, 0.3) is 0 Å². The molecule has 0 saturated carbocycles. The highest BCUT2D eigenvalue weighted by Gasteiger charge is 2.08. The van der Waals surface area contributed by atoms with E-state index in [4.69, 9.17) is 11.5 Å². The molecule has 82 valence electrons. The summed E-state index contributed by atoms with van der Waals surface area (Å²) >= 11 is 0. The van der Waals surface area contributed by atoms with Gasteiger partial charge in [-0.2, -0.15) is 0 Å². The fourth-order valence-corrected chi connectivity index (χ4v) is 1.55. The molecule has 0 aliphatic rings. The van der Waals surface area contributed by atoms with Crippen LogP contribution in [0, 0.1) is 0 Å². The third-order valence-electron chi connectivity index (χ3n) is 2.37. The van der Waals surface area contributed by atoms with Gasteiger partial charge in [-0.15, -0.1) is 0 Å². The van der Waals surface area contributed by atoms with Crippen molar-refractivity contribution in [3.63, 3.8) is 0 Å². The number of carbonyl (C=O) groups is 1. The summed E-state index contributed by atoms with van der Waals surface area (Å²) in [5.41, 5.74) is 13.2. The average molecular weight is 206 g/mol. The van der Waals surface area contributed by atoms with E-state index >= 15 is 0 Å². The molecule has 0 bridgehead atoms. The van der Waals surface area contributed by atoms with Gasteiger partial charge in [0.2, 0.25) is 5.91 Å². The predicted molar refractivity (Wildman–Crippen MR) is 61.2 cm³/mol. The van der Waals surface area contributed by atoms with Gasteiger partial charge >= 0.3 is 0 Å². The second kappa shape index (κ2) is 5.51. The number of benzene rings is 1. The molecule has 3 heteroatoms. The lowest BCUT2D eigenvalue weighted by molar-refractivity contribution is -0.118. The van der Waals surface area contributed by atoms with E-state index in [1.165, 1.54) is 5.56 Å². The zero-order valence-corrected chi connectivity index (χ0v) is 9.07. The molecule has 0 aromatic heterocycles. The second-order valence-corrected chi connectivity index (χ2v) is 3.77. The first-order valence-electron chi connectivity index (χ1n) is 5.26. The average Bonchev–Trinajstić information content (AvgIpc) is 2.18. The molecule has 0 saturated heterocycles. The molecular weight excluding hydrogens is 188 g/mol. The molecule has 0 fully saturated rings. The maximum absolute atomic E-state index is 10.7. The summed E-state index contributed by atoms with van der Waals surface area (Å²) in [5.74, 6) is -0.361. The molecule has 1 aromatic rings. The molecule has 0 radical (unpaired) electrons. The van der Waals surface area contributed by atoms with Gasteiger partial charge in [-0.1, -0.05) is 37.6 Å². The Morgan fingerprint density at radius 3 is 2.40 bits per heavy atom. The Bertz CT molecular complexity index is 319. The Morgan fingerprint density at radius 2 is 1.93 bits per heavy atom. The van der Waals surface area contributed by atoms with Crippen LogP contribution < -0.4 is 11.5 Å². The molecule has 0 heterocycles. The van der Waals surface area contributed by atoms with Gasteiger partial charge in [-0.3, -0.25) is 4.79 Å². The second-order valence-electron chi connectivity index (χ2n) is 3.77. The molecule has 3 nitrogen and oxygen atoms in total. The molecule has 1 aromatic carbocycles. The number of carbonyl (C=O) groups excluding carboxylic acids is 1. The molecule has 0 spiro atoms. The number of amides is 1. The van der Waals surface area contributed by atoms with E-state index < -0.39 is 0 Å². The lowest BCUT2D eigenvalue weighted by atomic mass is 10.0. The van der Waals surface area contributed by atoms with Gasteiger partial charge in [0.15, 0.2) is 0 Å². The first-order valence-corrected chi connectivity index (χ1v) is 5.26. The van der Waals surface area contributed by atoms with Crippen LogP contribution in [0.5, 0.6) is 0 Å². The smallest absolute Gasteiger partial charge is 0.219 e. The summed E-state index contributed by atoms with van der Waals surface area (Å²) < 4.78 is 0. The van der Waals surface area contributed by atoms with Crippen LogP contribution in [0.15, 0.2) is 24.3 Å². The molecule has 0 aliphatic heterocycles. The Balaban J connectivity index is 2.66. The van der Waals surface area contributed by atoms with Gasteiger partial charge in [-0.05, 0) is 17.5 Å². The van der Waals surface area contributed by atoms with Crippen LogP contribution in [0.2, 0.25) is 0 Å². The van der Waals surface area contributed by atoms with Crippen molar-refractivity contribution in [3.8, 4) is 0 Å². The number of hydrogen-bond donors (Lipinski definition) is 2. The third-order valence-corrected chi connectivity index (χ3v) is 2.37. The number of rotatable bonds is 5. The van der Waals surface area contributed by atoms with Crippen molar-refractivity contribution in [1.82, 2.24) is 0 Å². The molecule has 15 heavy (non-hydrogen) atoms. The van der Waals surface area contributed by atoms with Gasteiger partial charge in [0.05, 0.1) is 0 Å². The molecule has 1 amide bonds. The van der Waals surface area contributed by atoms with Gasteiger partial charge in [0, 0.05) is 12.5 Å². The van der Waals surface area contributed by atoms with E-state index in [0.29, 0.717) is 0 Å². The van der Waals surface area contributed by atoms with Crippen molar-refractivity contribution in [2.75, 3.05) is 0 Å². The van der Waals surface area contributed by atoms with Crippen molar-refractivity contribution in [3.05, 3.63) is 35.4 Å². The standard InChI is InChI=1S/C12H18N2O/c1-2-3-9-4-6-10(7-5-9)11(13)8-12(14)15/h4-7,11H,2-3,8,13H2,1H3,(H2,14,15). The summed E-state index contributed by atoms with van der Waals surface area (Å²) in [6, 6.07) is 7.77. The number of primary amides is 1. The van der Waals surface area contributed by atoms with Gasteiger partial charge in [0.25, 0.3) is 0 Å². The van der Waals surface area contributed by atoms with Crippen LogP contribution in [-0.4, -0.2) is 5.91 Å². The summed E-state index contributed by atoms with van der Waals surface area (Å²) in [6.07, 6.45) is 2.41. The normalized spacial score (nSPS) is 12.4. The Labute approximate surface area is 90.5 Å². The topological polar surface area (TPSA) is 69.1 Å². The minimum absolute atomic E-state index is 0.202. The Kier molecular flexibility index (Phi) is 4.31. The molecule has 1 rings (SSSR count). The maximum Gasteiger partial charge on any atom is 0.219 e. The molecule has 0 aliphatic carbocycles. The monoisotopic (exact) mass is 206 g/mol. The van der Waals surface area contributed by atoms with E-state index in [0.717, 1.165) is 18.4 Å². The first-order chi connectivity index (χ1) is 7.13. The zero-order chi connectivity index (χ0) is 11.3. The van der Waals surface area contributed by atoms with Crippen LogP contribution in [-0.2, 0) is 11.2 Å². The lowest BCUT2D eigenvalue weighted by Crippen LogP contribution is -2.20. The number of aryl methyl sites for hydroxylation is 1. The summed E-state index contributed by atoms with van der Waals surface area (Å²) in [4.78, 5) is 10.7. The first kappa shape index (κ1) is 11.7. The summed E-state index contributed by atoms with van der Waals surface area (Å²) in [6.45, 7) is 2.15. The largest absolute Gasteiger partial charge is 0.370 e. The minimum atomic E-state index is -0.361. The highest BCUT2D eigenvalue weighted by atomic mass is 16.1. The third kappa shape index (κ3) is 3.72. The van der Waals surface area contributed by atoms with E-state index in [-0.39, 0.29) is 18.4 Å². The zero-order valence-electron chi connectivity index (χ0n) is 9.07. The van der Waals surface area contributed by atoms with E-state index in [9.17, 15) is 4.79 Å². The quantitative estimate of drug-likeness (QED) is 0.766. The van der Waals surface area contributed by atoms with Gasteiger partial charge < -0.3 is 11.5 Å². The SMILES string of the molecule is CCCc1ccc(C(N)CC(N)=O)cc1. The maximum atomic E-state index is 10.7. The summed E-state index contributed by atoms with van der Waals surface area (Å²) in [7, 11) is 0. The van der Waals surface area contributed by atoms with Crippen LogP contribution in [0.3, 0.4) is 0 Å². The van der Waals surface area contributed by atoms with Crippen LogP contribution >= 0.6 is 0 Å². The van der Waals surface area contributed by atoms with Crippen molar-refractivity contribution in [1.29, 1.82) is 0 Å². The predicted octanol–water partition coefficient (Wildman–Crippen LogP) is 1.51. The highest BCUT2D eigenvalue weighted by molar-refractivity contribution is 5.74. The van der Waals surface area contributed by atoms with Crippen LogP contribution in [0.1, 0.15) is 36.9 Å².